The molecule has 50 valence electrons. The van der Waals surface area contributed by atoms with E-state index in [1.165, 1.54) is 5.80 Å². The lowest BCUT2D eigenvalue weighted by atomic mass is 10.6. The molecule has 1 aromatic rings. The third-order valence-electron chi connectivity index (χ3n) is 0.707. The lowest BCUT2D eigenvalue weighted by Crippen LogP contribution is -1.99. The van der Waals surface area contributed by atoms with Crippen LogP contribution in [0.3, 0.4) is 0 Å². The van der Waals surface area contributed by atoms with E-state index in [2.05, 4.69) is 0 Å². The van der Waals surface area contributed by atoms with Gasteiger partial charge in [-0.2, -0.15) is 13.2 Å². The van der Waals surface area contributed by atoms with Crippen molar-refractivity contribution in [3.05, 3.63) is 11.1 Å². The average Bonchev–Trinajstić information content (AvgIpc) is 2.08. The Hall–Kier alpha value is 0.430. The van der Waals surface area contributed by atoms with Crippen molar-refractivity contribution in [2.45, 2.75) is 6.18 Å². The standard InChI is InChI=1S/C3H2F3P3/c4-3(5,6)2-1-7-9-8-2/h1,7H. The highest BCUT2D eigenvalue weighted by Crippen LogP contribution is 2.45. The van der Waals surface area contributed by atoms with Crippen LogP contribution in [0, 0.1) is 0 Å². The summed E-state index contributed by atoms with van der Waals surface area (Å²) in [5, 5.41) is -0.373. The second kappa shape index (κ2) is 2.58. The van der Waals surface area contributed by atoms with Crippen LogP contribution in [-0.4, -0.2) is 0 Å². The van der Waals surface area contributed by atoms with Gasteiger partial charge >= 0.3 is 6.18 Å². The maximum absolute atomic E-state index is 11.7. The summed E-state index contributed by atoms with van der Waals surface area (Å²) < 4.78 is 35.1. The fraction of sp³-hybridized carbons (Fsp3) is 0.333. The van der Waals surface area contributed by atoms with E-state index < -0.39 is 6.18 Å². The summed E-state index contributed by atoms with van der Waals surface area (Å²) >= 11 is 0. The smallest absolute Gasteiger partial charge is 0.166 e. The van der Waals surface area contributed by atoms with Crippen molar-refractivity contribution in [3.8, 4) is 0 Å². The van der Waals surface area contributed by atoms with Crippen LogP contribution in [0.4, 0.5) is 13.2 Å². The number of alkyl halides is 3. The molecule has 1 heterocycles. The van der Waals surface area contributed by atoms with E-state index in [1.54, 1.807) is 0 Å². The normalized spacial score (nSPS) is 14.6. The third kappa shape index (κ3) is 1.93. The first kappa shape index (κ1) is 7.54. The van der Waals surface area contributed by atoms with Gasteiger partial charge < -0.3 is 0 Å². The maximum atomic E-state index is 11.7. The van der Waals surface area contributed by atoms with Crippen molar-refractivity contribution in [2.24, 2.45) is 0 Å². The average molecular weight is 188 g/mol. The summed E-state index contributed by atoms with van der Waals surface area (Å²) in [5.74, 6) is 1.28. The van der Waals surface area contributed by atoms with Gasteiger partial charge in [-0.1, -0.05) is 0 Å². The molecule has 0 aliphatic carbocycles. The Bertz CT molecular complexity index is 177. The first-order valence-electron chi connectivity index (χ1n) is 2.04. The van der Waals surface area contributed by atoms with E-state index in [4.69, 9.17) is 0 Å². The molecule has 0 amide bonds. The summed E-state index contributed by atoms with van der Waals surface area (Å²) in [7, 11) is 1.63. The molecule has 0 N–H and O–H groups in total. The van der Waals surface area contributed by atoms with Crippen molar-refractivity contribution in [1.82, 2.24) is 0 Å². The van der Waals surface area contributed by atoms with E-state index in [0.717, 1.165) is 7.55 Å². The second-order valence-electron chi connectivity index (χ2n) is 1.36. The van der Waals surface area contributed by atoms with Crippen molar-refractivity contribution in [3.63, 3.8) is 0 Å². The van der Waals surface area contributed by atoms with Crippen LogP contribution < -0.4 is 0 Å². The highest BCUT2D eigenvalue weighted by atomic mass is 32.1. The first-order chi connectivity index (χ1) is 4.11. The lowest BCUT2D eigenvalue weighted by molar-refractivity contribution is -0.134. The Balaban J connectivity index is 2.90. The second-order valence-corrected chi connectivity index (χ2v) is 6.56. The summed E-state index contributed by atoms with van der Waals surface area (Å²) in [4.78, 5) is 0. The minimum Gasteiger partial charge on any atom is -0.166 e. The van der Waals surface area contributed by atoms with Crippen molar-refractivity contribution in [1.29, 1.82) is 0 Å². The zero-order valence-corrected chi connectivity index (χ0v) is 6.89. The van der Waals surface area contributed by atoms with Crippen LogP contribution in [0.15, 0.2) is 5.80 Å². The number of rotatable bonds is 0. The number of hydrogen-bond acceptors (Lipinski definition) is 0. The predicted molar refractivity (Wildman–Crippen MR) is 36.0 cm³/mol. The molecule has 0 saturated carbocycles. The summed E-state index contributed by atoms with van der Waals surface area (Å²) in [6.45, 7) is 0. The number of hydrogen-bond donors (Lipinski definition) is 0. The Morgan fingerprint density at radius 3 is 2.33 bits per heavy atom. The summed E-state index contributed by atoms with van der Waals surface area (Å²) in [6, 6.07) is 0. The topological polar surface area (TPSA) is 0 Å². The molecular weight excluding hydrogens is 186 g/mol. The molecule has 0 aliphatic rings. The van der Waals surface area contributed by atoms with Gasteiger partial charge in [0, 0.05) is 0 Å². The van der Waals surface area contributed by atoms with Gasteiger partial charge in [0.2, 0.25) is 0 Å². The minimum atomic E-state index is -4.07. The Morgan fingerprint density at radius 2 is 2.11 bits per heavy atom. The molecule has 0 aliphatic heterocycles. The zero-order valence-electron chi connectivity index (χ0n) is 4.11. The molecule has 9 heavy (non-hydrogen) atoms. The highest BCUT2D eigenvalue weighted by molar-refractivity contribution is 8.17. The number of halogens is 3. The molecule has 1 atom stereocenters. The fourth-order valence-corrected chi connectivity index (χ4v) is 5.62. The maximum Gasteiger partial charge on any atom is 0.421 e. The molecule has 6 heteroatoms. The van der Waals surface area contributed by atoms with Gasteiger partial charge in [0.1, 0.15) is 0 Å². The van der Waals surface area contributed by atoms with Gasteiger partial charge in [-0.3, -0.25) is 0 Å². The molecule has 1 rings (SSSR count). The Kier molecular flexibility index (Phi) is 2.16. The molecular formula is C3H2F3P3. The summed E-state index contributed by atoms with van der Waals surface area (Å²) in [6.07, 6.45) is -4.07. The van der Waals surface area contributed by atoms with E-state index in [0.29, 0.717) is 15.7 Å². The lowest BCUT2D eigenvalue weighted by Gasteiger charge is -1.99. The zero-order chi connectivity index (χ0) is 6.91. The van der Waals surface area contributed by atoms with Crippen LogP contribution in [0.5, 0.6) is 0 Å². The monoisotopic (exact) mass is 188 g/mol. The minimum absolute atomic E-state index is 0.340. The van der Waals surface area contributed by atoms with Crippen LogP contribution in [0.1, 0.15) is 5.30 Å². The molecule has 1 unspecified atom stereocenters. The molecule has 0 radical (unpaired) electrons. The quantitative estimate of drug-likeness (QED) is 0.579. The SMILES string of the molecule is FC(F)(F)c1c[pH]pp1. The van der Waals surface area contributed by atoms with Gasteiger partial charge in [0.15, 0.2) is 0 Å². The Morgan fingerprint density at radius 1 is 1.44 bits per heavy atom. The van der Waals surface area contributed by atoms with Crippen molar-refractivity contribution >= 4 is 23.3 Å². The van der Waals surface area contributed by atoms with Crippen LogP contribution in [0.2, 0.25) is 0 Å². The van der Waals surface area contributed by atoms with Crippen LogP contribution in [-0.2, 0) is 6.18 Å². The predicted octanol–water partition coefficient (Wildman–Crippen LogP) is 3.90. The molecule has 0 spiro atoms. The van der Waals surface area contributed by atoms with E-state index in [-0.39, 0.29) is 5.30 Å². The van der Waals surface area contributed by atoms with E-state index in [1.807, 2.05) is 0 Å². The van der Waals surface area contributed by atoms with Crippen molar-refractivity contribution < 1.29 is 13.2 Å². The van der Waals surface area contributed by atoms with E-state index >= 15 is 0 Å². The largest absolute Gasteiger partial charge is 0.421 e. The van der Waals surface area contributed by atoms with Crippen LogP contribution >= 0.6 is 23.3 Å². The summed E-state index contributed by atoms with van der Waals surface area (Å²) in [5.41, 5.74) is 0. The molecule has 1 aromatic heterocycles. The first-order valence-corrected chi connectivity index (χ1v) is 6.45. The molecule has 0 aromatic carbocycles. The fourth-order valence-electron chi connectivity index (χ4n) is 0.340. The third-order valence-corrected chi connectivity index (χ3v) is 5.80. The van der Waals surface area contributed by atoms with E-state index in [9.17, 15) is 13.2 Å². The highest BCUT2D eigenvalue weighted by Gasteiger charge is 2.30. The molecule has 0 nitrogen and oxygen atoms in total. The molecule has 0 bridgehead atoms. The van der Waals surface area contributed by atoms with Gasteiger partial charge in [0.25, 0.3) is 0 Å². The molecule has 0 saturated heterocycles. The Labute approximate surface area is 54.6 Å². The van der Waals surface area contributed by atoms with Gasteiger partial charge in [-0.15, -0.1) is 7.87 Å². The van der Waals surface area contributed by atoms with Gasteiger partial charge in [-0.25, -0.2) is 0 Å². The molecule has 0 fully saturated rings. The van der Waals surface area contributed by atoms with Gasteiger partial charge in [0.05, 0.1) is 5.30 Å². The van der Waals surface area contributed by atoms with Crippen LogP contribution in [0.25, 0.3) is 0 Å². The van der Waals surface area contributed by atoms with Crippen molar-refractivity contribution in [2.75, 3.05) is 0 Å². The van der Waals surface area contributed by atoms with Gasteiger partial charge in [-0.05, 0) is 21.2 Å².